The Balaban J connectivity index is 2.07. The molecule has 0 aromatic carbocycles. The van der Waals surface area contributed by atoms with Gasteiger partial charge in [-0.1, -0.05) is 6.42 Å². The first-order valence-corrected chi connectivity index (χ1v) is 9.40. The fourth-order valence-corrected chi connectivity index (χ4v) is 4.15. The molecule has 2 saturated heterocycles. The average Bonchev–Trinajstić information content (AvgIpc) is 3.02. The number of hydrogen-bond donors (Lipinski definition) is 1. The summed E-state index contributed by atoms with van der Waals surface area (Å²) < 4.78 is 16.8. The lowest BCUT2D eigenvalue weighted by Gasteiger charge is -2.37. The molecule has 8 nitrogen and oxygen atoms in total. The van der Waals surface area contributed by atoms with Gasteiger partial charge in [-0.25, -0.2) is 9.59 Å². The highest BCUT2D eigenvalue weighted by Gasteiger charge is 2.57. The van der Waals surface area contributed by atoms with E-state index in [-0.39, 0.29) is 26.0 Å². The predicted octanol–water partition coefficient (Wildman–Crippen LogP) is 2.36. The topological polar surface area (TPSA) is 102 Å². The molecule has 2 fully saturated rings. The fourth-order valence-electron chi connectivity index (χ4n) is 4.15. The van der Waals surface area contributed by atoms with Gasteiger partial charge in [-0.2, -0.15) is 0 Å². The summed E-state index contributed by atoms with van der Waals surface area (Å²) in [5.41, 5.74) is -2.25. The summed E-state index contributed by atoms with van der Waals surface area (Å²) in [5, 5.41) is 9.51. The Kier molecular flexibility index (Phi) is 6.26. The van der Waals surface area contributed by atoms with Gasteiger partial charge in [0.2, 0.25) is 0 Å². The monoisotopic (exact) mass is 383 g/mol. The molecule has 9 heteroatoms. The van der Waals surface area contributed by atoms with Crippen LogP contribution in [0.25, 0.3) is 0 Å². The largest absolute Gasteiger partial charge is 0.467 e. The molecule has 2 aliphatic rings. The highest BCUT2D eigenvalue weighted by atomic mass is 16.7. The number of methoxy groups -OCH3 is 1. The van der Waals surface area contributed by atoms with Crippen molar-refractivity contribution in [3.63, 3.8) is 0 Å². The van der Waals surface area contributed by atoms with Crippen LogP contribution in [0.5, 0.6) is 0 Å². The van der Waals surface area contributed by atoms with Gasteiger partial charge in [-0.15, -0.1) is 0 Å². The number of rotatable bonds is 7. The molecule has 2 atom stereocenters. The van der Waals surface area contributed by atoms with E-state index in [1.165, 1.54) is 7.11 Å². The van der Waals surface area contributed by atoms with Crippen molar-refractivity contribution in [2.45, 2.75) is 76.4 Å². The molecule has 0 aromatic heterocycles. The maximum absolute atomic E-state index is 12.5. The maximum Gasteiger partial charge on any atom is 0.457 e. The minimum Gasteiger partial charge on any atom is -0.467 e. The minimum atomic E-state index is -1.45. The smallest absolute Gasteiger partial charge is 0.457 e. The van der Waals surface area contributed by atoms with Crippen LogP contribution in [0, 0.1) is 5.92 Å². The second-order valence-corrected chi connectivity index (χ2v) is 8.32. The van der Waals surface area contributed by atoms with E-state index in [0.717, 1.165) is 4.90 Å². The number of amides is 1. The zero-order valence-electron chi connectivity index (χ0n) is 16.8. The molecule has 0 aromatic rings. The molecule has 2 unspecified atom stereocenters. The Morgan fingerprint density at radius 2 is 1.85 bits per heavy atom. The average molecular weight is 383 g/mol. The summed E-state index contributed by atoms with van der Waals surface area (Å²) >= 11 is 0. The van der Waals surface area contributed by atoms with E-state index < -0.39 is 28.8 Å². The summed E-state index contributed by atoms with van der Waals surface area (Å²) in [6, 6.07) is 0. The van der Waals surface area contributed by atoms with E-state index in [1.807, 2.05) is 27.7 Å². The van der Waals surface area contributed by atoms with Gasteiger partial charge in [0, 0.05) is 13.0 Å². The van der Waals surface area contributed by atoms with Gasteiger partial charge in [-0.3, -0.25) is 4.90 Å². The number of aldehydes is 1. The van der Waals surface area contributed by atoms with E-state index in [2.05, 4.69) is 0 Å². The van der Waals surface area contributed by atoms with Gasteiger partial charge in [0.05, 0.1) is 18.3 Å². The SMILES string of the molecule is COC(=O)C1(CC=O)C(CCCB2OC(C)(C)C(C)(C)O2)CCN1C(=O)O. The van der Waals surface area contributed by atoms with Gasteiger partial charge in [0.1, 0.15) is 6.29 Å². The molecule has 2 aliphatic heterocycles. The van der Waals surface area contributed by atoms with Crippen LogP contribution >= 0.6 is 0 Å². The van der Waals surface area contributed by atoms with Crippen molar-refractivity contribution in [2.24, 2.45) is 5.92 Å². The first-order valence-electron chi connectivity index (χ1n) is 9.40. The van der Waals surface area contributed by atoms with Crippen LogP contribution in [-0.2, 0) is 23.6 Å². The molecule has 2 rings (SSSR count). The summed E-state index contributed by atoms with van der Waals surface area (Å²) in [6.45, 7) is 8.16. The van der Waals surface area contributed by atoms with Crippen LogP contribution in [0.2, 0.25) is 6.32 Å². The van der Waals surface area contributed by atoms with Crippen molar-refractivity contribution in [1.29, 1.82) is 0 Å². The van der Waals surface area contributed by atoms with E-state index in [1.54, 1.807) is 0 Å². The van der Waals surface area contributed by atoms with E-state index >= 15 is 0 Å². The van der Waals surface area contributed by atoms with Crippen LogP contribution in [0.3, 0.4) is 0 Å². The van der Waals surface area contributed by atoms with Crippen LogP contribution < -0.4 is 0 Å². The fraction of sp³-hybridized carbons (Fsp3) is 0.833. The number of carbonyl (C=O) groups excluding carboxylic acids is 2. The molecule has 2 heterocycles. The molecule has 0 radical (unpaired) electrons. The molecule has 0 aliphatic carbocycles. The van der Waals surface area contributed by atoms with Gasteiger partial charge >= 0.3 is 19.2 Å². The molecule has 0 saturated carbocycles. The number of ether oxygens (including phenoxy) is 1. The molecule has 27 heavy (non-hydrogen) atoms. The lowest BCUT2D eigenvalue weighted by Crippen LogP contribution is -2.57. The Hall–Kier alpha value is -1.61. The van der Waals surface area contributed by atoms with E-state index in [0.29, 0.717) is 31.9 Å². The van der Waals surface area contributed by atoms with Crippen molar-refractivity contribution in [1.82, 2.24) is 4.90 Å². The Morgan fingerprint density at radius 3 is 2.33 bits per heavy atom. The van der Waals surface area contributed by atoms with Gasteiger partial charge < -0.3 is 23.9 Å². The van der Waals surface area contributed by atoms with Crippen molar-refractivity contribution in [3.8, 4) is 0 Å². The normalized spacial score (nSPS) is 29.0. The number of esters is 1. The molecule has 1 amide bonds. The minimum absolute atomic E-state index is 0.201. The highest BCUT2D eigenvalue weighted by Crippen LogP contribution is 2.43. The number of likely N-dealkylation sites (tertiary alicyclic amines) is 1. The van der Waals surface area contributed by atoms with Crippen LogP contribution in [0.15, 0.2) is 0 Å². The standard InChI is InChI=1S/C18H30BNO7/c1-16(2)17(3,4)27-19(26-16)10-6-7-13-8-11-20(15(23)24)18(13,9-12-21)14(22)25-5/h12-13H,6-11H2,1-5H3,(H,23,24). The summed E-state index contributed by atoms with van der Waals surface area (Å²) in [6.07, 6.45) is 1.60. The second kappa shape index (κ2) is 7.79. The maximum atomic E-state index is 12.5. The molecule has 1 N–H and O–H groups in total. The Labute approximate surface area is 160 Å². The number of carbonyl (C=O) groups is 3. The third-order valence-electron chi connectivity index (χ3n) is 6.32. The second-order valence-electron chi connectivity index (χ2n) is 8.32. The lowest BCUT2D eigenvalue weighted by molar-refractivity contribution is -0.156. The molecular weight excluding hydrogens is 353 g/mol. The first-order chi connectivity index (χ1) is 12.5. The molecule has 152 valence electrons. The third-order valence-corrected chi connectivity index (χ3v) is 6.32. The Bertz CT molecular complexity index is 578. The zero-order valence-corrected chi connectivity index (χ0v) is 16.8. The predicted molar refractivity (Wildman–Crippen MR) is 98.4 cm³/mol. The van der Waals surface area contributed by atoms with Crippen LogP contribution in [-0.4, -0.2) is 65.9 Å². The van der Waals surface area contributed by atoms with Crippen molar-refractivity contribution < 1.29 is 33.5 Å². The van der Waals surface area contributed by atoms with Gasteiger partial charge in [0.15, 0.2) is 5.54 Å². The van der Waals surface area contributed by atoms with Crippen molar-refractivity contribution in [3.05, 3.63) is 0 Å². The summed E-state index contributed by atoms with van der Waals surface area (Å²) in [4.78, 5) is 36.5. The van der Waals surface area contributed by atoms with E-state index in [9.17, 15) is 19.5 Å². The number of nitrogens with zero attached hydrogens (tertiary/aromatic N) is 1. The quantitative estimate of drug-likeness (QED) is 0.409. The van der Waals surface area contributed by atoms with Crippen LogP contribution in [0.1, 0.15) is 53.4 Å². The lowest BCUT2D eigenvalue weighted by atomic mass is 9.75. The molecular formula is C18H30BNO7. The number of hydrogen-bond acceptors (Lipinski definition) is 6. The van der Waals surface area contributed by atoms with Crippen molar-refractivity contribution in [2.75, 3.05) is 13.7 Å². The summed E-state index contributed by atoms with van der Waals surface area (Å²) in [7, 11) is 0.875. The first kappa shape index (κ1) is 21.7. The van der Waals surface area contributed by atoms with E-state index in [4.69, 9.17) is 14.0 Å². The third kappa shape index (κ3) is 3.85. The highest BCUT2D eigenvalue weighted by molar-refractivity contribution is 6.45. The zero-order chi connectivity index (χ0) is 20.5. The van der Waals surface area contributed by atoms with Gasteiger partial charge in [-0.05, 0) is 52.8 Å². The van der Waals surface area contributed by atoms with Crippen molar-refractivity contribution >= 4 is 25.5 Å². The Morgan fingerprint density at radius 1 is 1.26 bits per heavy atom. The molecule has 0 bridgehead atoms. The van der Waals surface area contributed by atoms with Gasteiger partial charge in [0.25, 0.3) is 0 Å². The number of carboxylic acid groups (broad SMARTS) is 1. The molecule has 0 spiro atoms. The van der Waals surface area contributed by atoms with Crippen LogP contribution in [0.4, 0.5) is 4.79 Å². The summed E-state index contributed by atoms with van der Waals surface area (Å²) in [5.74, 6) is -0.955.